The molecule has 0 aliphatic heterocycles. The summed E-state index contributed by atoms with van der Waals surface area (Å²) in [5.74, 6) is 0.664. The van der Waals surface area contributed by atoms with Crippen molar-refractivity contribution in [3.05, 3.63) is 154 Å². The molecule has 0 aliphatic rings. The Balaban J connectivity index is 1.30. The lowest BCUT2D eigenvalue weighted by atomic mass is 10.1. The highest BCUT2D eigenvalue weighted by Crippen LogP contribution is 2.34. The van der Waals surface area contributed by atoms with Gasteiger partial charge in [-0.1, -0.05) is 48.5 Å². The van der Waals surface area contributed by atoms with E-state index < -0.39 is 4.92 Å². The Morgan fingerprint density at radius 1 is 0.978 bits per heavy atom. The maximum atomic E-state index is 12.9. The fraction of sp³-hybridized carbons (Fsp3) is 0.135. The zero-order chi connectivity index (χ0) is 32.5. The number of ether oxygens (including phenoxy) is 2. The number of benzene rings is 4. The van der Waals surface area contributed by atoms with E-state index >= 15 is 0 Å². The predicted octanol–water partition coefficient (Wildman–Crippen LogP) is 7.83. The third-order valence-corrected chi connectivity index (χ3v) is 7.24. The Morgan fingerprint density at radius 2 is 1.76 bits per heavy atom. The van der Waals surface area contributed by atoms with Crippen molar-refractivity contribution in [3.63, 3.8) is 0 Å². The van der Waals surface area contributed by atoms with Crippen molar-refractivity contribution < 1.29 is 19.2 Å². The Morgan fingerprint density at radius 3 is 2.48 bits per heavy atom. The predicted molar refractivity (Wildman–Crippen MR) is 180 cm³/mol. The molecule has 5 aromatic rings. The quantitative estimate of drug-likeness (QED) is 0.0629. The number of hydrazone groups is 1. The van der Waals surface area contributed by atoms with Gasteiger partial charge in [-0.2, -0.15) is 5.10 Å². The van der Waals surface area contributed by atoms with Crippen LogP contribution in [0.2, 0.25) is 0 Å². The summed E-state index contributed by atoms with van der Waals surface area (Å²) >= 11 is 0. The number of nitrogens with zero attached hydrogens (tertiary/aromatic N) is 3. The van der Waals surface area contributed by atoms with E-state index in [2.05, 4.69) is 52.9 Å². The summed E-state index contributed by atoms with van der Waals surface area (Å²) in [7, 11) is 0. The molecule has 5 rings (SSSR count). The van der Waals surface area contributed by atoms with E-state index in [4.69, 9.17) is 9.47 Å². The number of carbonyl (C=O) groups is 1. The fourth-order valence-electron chi connectivity index (χ4n) is 5.11. The molecule has 9 heteroatoms. The van der Waals surface area contributed by atoms with Gasteiger partial charge >= 0.3 is 0 Å². The molecule has 0 fully saturated rings. The second kappa shape index (κ2) is 14.7. The SMILES string of the molecule is C=CCc1cc(/C=N/NC(=O)c2ccc(-n3c(C)ccc3-c3ccccc3)cc2)cc(OCC)c1OCc1cccc([N+](=O)[O-])c1. The Kier molecular flexibility index (Phi) is 10.0. The second-order valence-electron chi connectivity index (χ2n) is 10.5. The summed E-state index contributed by atoms with van der Waals surface area (Å²) in [6.07, 6.45) is 3.77. The highest BCUT2D eigenvalue weighted by atomic mass is 16.6. The minimum Gasteiger partial charge on any atom is -0.490 e. The van der Waals surface area contributed by atoms with Crippen LogP contribution in [0.15, 0.2) is 121 Å². The molecule has 1 aromatic heterocycles. The van der Waals surface area contributed by atoms with Crippen LogP contribution in [0, 0.1) is 17.0 Å². The molecule has 1 N–H and O–H groups in total. The van der Waals surface area contributed by atoms with Crippen LogP contribution in [0.1, 0.15) is 39.7 Å². The van der Waals surface area contributed by atoms with Gasteiger partial charge in [0.25, 0.3) is 11.6 Å². The number of allylic oxidation sites excluding steroid dienone is 1. The van der Waals surface area contributed by atoms with Crippen molar-refractivity contribution in [2.24, 2.45) is 5.10 Å². The van der Waals surface area contributed by atoms with E-state index in [0.29, 0.717) is 41.2 Å². The van der Waals surface area contributed by atoms with Gasteiger partial charge < -0.3 is 14.0 Å². The molecule has 1 amide bonds. The van der Waals surface area contributed by atoms with Crippen LogP contribution in [0.25, 0.3) is 16.9 Å². The molecule has 0 aliphatic carbocycles. The number of carbonyl (C=O) groups excluding carboxylic acids is 1. The lowest BCUT2D eigenvalue weighted by molar-refractivity contribution is -0.384. The summed E-state index contributed by atoms with van der Waals surface area (Å²) in [6.45, 7) is 8.28. The highest BCUT2D eigenvalue weighted by Gasteiger charge is 2.15. The van der Waals surface area contributed by atoms with Gasteiger partial charge in [-0.25, -0.2) is 5.43 Å². The van der Waals surface area contributed by atoms with E-state index in [1.807, 2.05) is 43.3 Å². The third kappa shape index (κ3) is 7.39. The lowest BCUT2D eigenvalue weighted by Gasteiger charge is -2.17. The average Bonchev–Trinajstić information content (AvgIpc) is 3.46. The Hall–Kier alpha value is -5.96. The lowest BCUT2D eigenvalue weighted by Crippen LogP contribution is -2.17. The normalized spacial score (nSPS) is 10.9. The summed E-state index contributed by atoms with van der Waals surface area (Å²) in [4.78, 5) is 23.7. The molecule has 0 radical (unpaired) electrons. The van der Waals surface area contributed by atoms with E-state index in [1.165, 1.54) is 12.1 Å². The number of nitro groups is 1. The molecule has 0 atom stereocenters. The van der Waals surface area contributed by atoms with E-state index in [9.17, 15) is 14.9 Å². The molecule has 1 heterocycles. The maximum Gasteiger partial charge on any atom is 0.271 e. The van der Waals surface area contributed by atoms with Crippen molar-refractivity contribution in [3.8, 4) is 28.4 Å². The standard InChI is InChI=1S/C37H34N4O5/c1-4-10-31-21-28(23-35(45-5-2)36(31)46-25-27-11-9-14-33(22-27)41(43)44)24-38-39-37(42)30-16-18-32(19-17-30)40-26(3)15-20-34(40)29-12-7-6-8-13-29/h4,6-9,11-24H,1,5,10,25H2,2-3H3,(H,39,42)/b38-24+. The van der Waals surface area contributed by atoms with Crippen molar-refractivity contribution in [2.45, 2.75) is 26.9 Å². The zero-order valence-corrected chi connectivity index (χ0v) is 25.7. The number of aryl methyl sites for hydroxylation is 1. The van der Waals surface area contributed by atoms with Crippen LogP contribution in [0.5, 0.6) is 11.5 Å². The maximum absolute atomic E-state index is 12.9. The molecule has 4 aromatic carbocycles. The number of hydrogen-bond acceptors (Lipinski definition) is 6. The average molecular weight is 615 g/mol. The molecule has 0 spiro atoms. The molecular formula is C37H34N4O5. The van der Waals surface area contributed by atoms with Crippen molar-refractivity contribution >= 4 is 17.8 Å². The van der Waals surface area contributed by atoms with Crippen molar-refractivity contribution in [1.29, 1.82) is 0 Å². The largest absolute Gasteiger partial charge is 0.490 e. The van der Waals surface area contributed by atoms with E-state index in [-0.39, 0.29) is 18.2 Å². The van der Waals surface area contributed by atoms with Gasteiger partial charge in [0.15, 0.2) is 11.5 Å². The smallest absolute Gasteiger partial charge is 0.271 e. The second-order valence-corrected chi connectivity index (χ2v) is 10.5. The molecule has 0 unspecified atom stereocenters. The number of hydrogen-bond donors (Lipinski definition) is 1. The van der Waals surface area contributed by atoms with Crippen LogP contribution in [-0.2, 0) is 13.0 Å². The molecule has 232 valence electrons. The third-order valence-electron chi connectivity index (χ3n) is 7.24. The highest BCUT2D eigenvalue weighted by molar-refractivity contribution is 5.95. The van der Waals surface area contributed by atoms with Gasteiger partial charge in [-0.3, -0.25) is 14.9 Å². The first-order chi connectivity index (χ1) is 22.4. The number of non-ortho nitro benzene ring substituents is 1. The molecule has 0 saturated carbocycles. The minimum absolute atomic E-state index is 0.00445. The summed E-state index contributed by atoms with van der Waals surface area (Å²) in [5, 5.41) is 15.4. The van der Waals surface area contributed by atoms with Crippen LogP contribution >= 0.6 is 0 Å². The molecule has 0 saturated heterocycles. The first-order valence-electron chi connectivity index (χ1n) is 14.8. The zero-order valence-electron chi connectivity index (χ0n) is 25.7. The Labute approximate surface area is 267 Å². The van der Waals surface area contributed by atoms with Crippen molar-refractivity contribution in [2.75, 3.05) is 6.61 Å². The molecule has 0 bridgehead atoms. The number of rotatable bonds is 13. The monoisotopic (exact) mass is 614 g/mol. The first kappa shape index (κ1) is 31.5. The van der Waals surface area contributed by atoms with E-state index in [0.717, 1.165) is 28.2 Å². The van der Waals surface area contributed by atoms with Crippen LogP contribution in [-0.4, -0.2) is 28.2 Å². The summed E-state index contributed by atoms with van der Waals surface area (Å²) in [6, 6.07) is 31.7. The molecule has 46 heavy (non-hydrogen) atoms. The van der Waals surface area contributed by atoms with Gasteiger partial charge in [-0.05, 0) is 85.5 Å². The van der Waals surface area contributed by atoms with Crippen molar-refractivity contribution in [1.82, 2.24) is 9.99 Å². The van der Waals surface area contributed by atoms with Gasteiger partial charge in [-0.15, -0.1) is 6.58 Å². The minimum atomic E-state index is -0.438. The topological polar surface area (TPSA) is 108 Å². The van der Waals surface area contributed by atoms with Gasteiger partial charge in [0, 0.05) is 34.6 Å². The first-order valence-corrected chi connectivity index (χ1v) is 14.8. The number of aromatic nitrogens is 1. The van der Waals surface area contributed by atoms with Crippen LogP contribution in [0.3, 0.4) is 0 Å². The van der Waals surface area contributed by atoms with Gasteiger partial charge in [0.05, 0.1) is 23.4 Å². The van der Waals surface area contributed by atoms with Crippen LogP contribution in [0.4, 0.5) is 5.69 Å². The molecular weight excluding hydrogens is 580 g/mol. The fourth-order valence-corrected chi connectivity index (χ4v) is 5.11. The van der Waals surface area contributed by atoms with Gasteiger partial charge in [0.2, 0.25) is 0 Å². The Bertz CT molecular complexity index is 1880. The van der Waals surface area contributed by atoms with Crippen LogP contribution < -0.4 is 14.9 Å². The molecule has 9 nitrogen and oxygen atoms in total. The number of nitro benzene ring substituents is 1. The van der Waals surface area contributed by atoms with Gasteiger partial charge in [0.1, 0.15) is 6.61 Å². The summed E-state index contributed by atoms with van der Waals surface area (Å²) in [5.41, 5.74) is 9.43. The van der Waals surface area contributed by atoms with E-state index in [1.54, 1.807) is 42.6 Å². The number of nitrogens with one attached hydrogen (secondary N) is 1. The summed E-state index contributed by atoms with van der Waals surface area (Å²) < 4.78 is 14.2. The number of amides is 1.